The maximum absolute atomic E-state index is 9.36. The highest BCUT2D eigenvalue weighted by atomic mass is 16.5. The van der Waals surface area contributed by atoms with Crippen molar-refractivity contribution in [2.24, 2.45) is 0 Å². The molecule has 21 heavy (non-hydrogen) atoms. The summed E-state index contributed by atoms with van der Waals surface area (Å²) in [5, 5.41) is 13.4. The molecule has 1 N–H and O–H groups in total. The van der Waals surface area contributed by atoms with Crippen molar-refractivity contribution in [2.75, 3.05) is 26.4 Å². The smallest absolute Gasteiger partial charge is 0.257 e. The van der Waals surface area contributed by atoms with Crippen molar-refractivity contribution in [3.05, 3.63) is 35.7 Å². The van der Waals surface area contributed by atoms with E-state index >= 15 is 0 Å². The number of aromatic nitrogens is 2. The van der Waals surface area contributed by atoms with Crippen LogP contribution in [0.2, 0.25) is 0 Å². The summed E-state index contributed by atoms with van der Waals surface area (Å²) >= 11 is 0. The minimum Gasteiger partial charge on any atom is -0.395 e. The molecule has 112 valence electrons. The van der Waals surface area contributed by atoms with Gasteiger partial charge in [0.1, 0.15) is 0 Å². The highest BCUT2D eigenvalue weighted by Gasteiger charge is 2.24. The van der Waals surface area contributed by atoms with E-state index < -0.39 is 0 Å². The summed E-state index contributed by atoms with van der Waals surface area (Å²) < 4.78 is 10.7. The molecule has 1 atom stereocenters. The van der Waals surface area contributed by atoms with E-state index in [0.29, 0.717) is 31.5 Å². The van der Waals surface area contributed by atoms with Gasteiger partial charge in [-0.1, -0.05) is 22.9 Å². The van der Waals surface area contributed by atoms with Gasteiger partial charge in [0, 0.05) is 12.1 Å². The number of ether oxygens (including phenoxy) is 1. The Bertz CT molecular complexity index is 582. The lowest BCUT2D eigenvalue weighted by Gasteiger charge is -2.33. The molecule has 0 aliphatic carbocycles. The minimum atomic E-state index is 0.0000693. The third kappa shape index (κ3) is 3.29. The molecule has 0 spiro atoms. The van der Waals surface area contributed by atoms with Crippen LogP contribution in [0, 0.1) is 6.92 Å². The maximum atomic E-state index is 9.36. The molecule has 1 aliphatic rings. The lowest BCUT2D eigenvalue weighted by Crippen LogP contribution is -2.47. The topological polar surface area (TPSA) is 71.6 Å². The average molecular weight is 289 g/mol. The zero-order valence-electron chi connectivity index (χ0n) is 12.0. The summed E-state index contributed by atoms with van der Waals surface area (Å²) in [6, 6.07) is 7.97. The number of rotatable bonds is 4. The van der Waals surface area contributed by atoms with Gasteiger partial charge in [-0.15, -0.1) is 0 Å². The van der Waals surface area contributed by atoms with Crippen LogP contribution in [0.5, 0.6) is 0 Å². The summed E-state index contributed by atoms with van der Waals surface area (Å²) in [6.07, 6.45) is 0. The predicted octanol–water partition coefficient (Wildman–Crippen LogP) is 1.24. The first-order valence-corrected chi connectivity index (χ1v) is 7.08. The van der Waals surface area contributed by atoms with Crippen molar-refractivity contribution in [3.8, 4) is 11.5 Å². The van der Waals surface area contributed by atoms with Gasteiger partial charge in [0.2, 0.25) is 0 Å². The Labute approximate surface area is 123 Å². The van der Waals surface area contributed by atoms with E-state index in [-0.39, 0.29) is 12.6 Å². The van der Waals surface area contributed by atoms with Gasteiger partial charge in [-0.05, 0) is 19.1 Å². The average Bonchev–Trinajstić information content (AvgIpc) is 2.97. The summed E-state index contributed by atoms with van der Waals surface area (Å²) in [5.41, 5.74) is 2.11. The molecule has 1 saturated heterocycles. The molecule has 0 bridgehead atoms. The van der Waals surface area contributed by atoms with E-state index in [9.17, 15) is 5.11 Å². The molecular weight excluding hydrogens is 270 g/mol. The Hall–Kier alpha value is -1.76. The number of nitrogens with zero attached hydrogens (tertiary/aromatic N) is 3. The molecule has 1 unspecified atom stereocenters. The standard InChI is InChI=1S/C15H19N3O3/c1-11-2-4-12(5-3-11)15-16-14(17-21-15)8-18-6-7-20-10-13(18)9-19/h2-5,13,19H,6-10H2,1H3. The number of aliphatic hydroxyl groups is 1. The normalized spacial score (nSPS) is 19.8. The highest BCUT2D eigenvalue weighted by molar-refractivity contribution is 5.53. The summed E-state index contributed by atoms with van der Waals surface area (Å²) in [6.45, 7) is 4.64. The van der Waals surface area contributed by atoms with Crippen LogP contribution >= 0.6 is 0 Å². The van der Waals surface area contributed by atoms with Crippen molar-refractivity contribution in [1.29, 1.82) is 0 Å². The van der Waals surface area contributed by atoms with Crippen molar-refractivity contribution in [3.63, 3.8) is 0 Å². The Morgan fingerprint density at radius 3 is 2.90 bits per heavy atom. The number of hydrogen-bond acceptors (Lipinski definition) is 6. The summed E-state index contributed by atoms with van der Waals surface area (Å²) in [7, 11) is 0. The lowest BCUT2D eigenvalue weighted by atomic mass is 10.1. The van der Waals surface area contributed by atoms with E-state index in [4.69, 9.17) is 9.26 Å². The van der Waals surface area contributed by atoms with E-state index in [1.54, 1.807) is 0 Å². The maximum Gasteiger partial charge on any atom is 0.257 e. The Kier molecular flexibility index (Phi) is 4.28. The van der Waals surface area contributed by atoms with Gasteiger partial charge in [-0.25, -0.2) is 0 Å². The number of morpholine rings is 1. The molecule has 0 saturated carbocycles. The lowest BCUT2D eigenvalue weighted by molar-refractivity contribution is -0.0324. The Balaban J connectivity index is 1.71. The van der Waals surface area contributed by atoms with Crippen molar-refractivity contribution in [1.82, 2.24) is 15.0 Å². The van der Waals surface area contributed by atoms with Crippen LogP contribution < -0.4 is 0 Å². The van der Waals surface area contributed by atoms with Gasteiger partial charge in [0.25, 0.3) is 5.89 Å². The van der Waals surface area contributed by atoms with Crippen LogP contribution in [0.1, 0.15) is 11.4 Å². The van der Waals surface area contributed by atoms with Crippen molar-refractivity contribution >= 4 is 0 Å². The molecule has 1 fully saturated rings. The highest BCUT2D eigenvalue weighted by Crippen LogP contribution is 2.18. The first kappa shape index (κ1) is 14.2. The zero-order valence-corrected chi connectivity index (χ0v) is 12.0. The van der Waals surface area contributed by atoms with E-state index in [1.807, 2.05) is 31.2 Å². The quantitative estimate of drug-likeness (QED) is 0.913. The fourth-order valence-electron chi connectivity index (χ4n) is 2.38. The number of aliphatic hydroxyl groups excluding tert-OH is 1. The van der Waals surface area contributed by atoms with Crippen LogP contribution in [0.3, 0.4) is 0 Å². The largest absolute Gasteiger partial charge is 0.395 e. The van der Waals surface area contributed by atoms with Crippen LogP contribution in [0.4, 0.5) is 0 Å². The third-order valence-corrected chi connectivity index (χ3v) is 3.67. The fraction of sp³-hybridized carbons (Fsp3) is 0.467. The molecule has 2 heterocycles. The second-order valence-electron chi connectivity index (χ2n) is 5.26. The molecule has 2 aromatic rings. The molecule has 6 heteroatoms. The van der Waals surface area contributed by atoms with Gasteiger partial charge in [0.15, 0.2) is 5.82 Å². The van der Waals surface area contributed by atoms with E-state index in [1.165, 1.54) is 5.56 Å². The molecule has 0 radical (unpaired) electrons. The molecule has 1 aliphatic heterocycles. The SMILES string of the molecule is Cc1ccc(-c2nc(CN3CCOCC3CO)no2)cc1. The molecule has 6 nitrogen and oxygen atoms in total. The molecule has 1 aromatic heterocycles. The van der Waals surface area contributed by atoms with Gasteiger partial charge in [-0.2, -0.15) is 4.98 Å². The first-order chi connectivity index (χ1) is 10.3. The van der Waals surface area contributed by atoms with Crippen LogP contribution in [-0.2, 0) is 11.3 Å². The number of benzene rings is 1. The zero-order chi connectivity index (χ0) is 14.7. The summed E-state index contributed by atoms with van der Waals surface area (Å²) in [5.74, 6) is 1.16. The van der Waals surface area contributed by atoms with Crippen molar-refractivity contribution < 1.29 is 14.4 Å². The molecule has 0 amide bonds. The second kappa shape index (κ2) is 6.34. The number of aryl methyl sites for hydroxylation is 1. The van der Waals surface area contributed by atoms with Gasteiger partial charge >= 0.3 is 0 Å². The fourth-order valence-corrected chi connectivity index (χ4v) is 2.38. The Morgan fingerprint density at radius 1 is 1.33 bits per heavy atom. The predicted molar refractivity (Wildman–Crippen MR) is 76.6 cm³/mol. The van der Waals surface area contributed by atoms with Crippen LogP contribution in [-0.4, -0.2) is 52.6 Å². The van der Waals surface area contributed by atoms with Gasteiger partial charge in [-0.3, -0.25) is 4.90 Å². The monoisotopic (exact) mass is 289 g/mol. The Morgan fingerprint density at radius 2 is 2.14 bits per heavy atom. The second-order valence-corrected chi connectivity index (χ2v) is 5.26. The van der Waals surface area contributed by atoms with Crippen LogP contribution in [0.25, 0.3) is 11.5 Å². The molecule has 1 aromatic carbocycles. The minimum absolute atomic E-state index is 0.0000693. The third-order valence-electron chi connectivity index (χ3n) is 3.67. The number of hydrogen-bond donors (Lipinski definition) is 1. The van der Waals surface area contributed by atoms with E-state index in [0.717, 1.165) is 12.1 Å². The van der Waals surface area contributed by atoms with Crippen LogP contribution in [0.15, 0.2) is 28.8 Å². The van der Waals surface area contributed by atoms with Crippen molar-refractivity contribution in [2.45, 2.75) is 19.5 Å². The molecule has 3 rings (SSSR count). The van der Waals surface area contributed by atoms with Gasteiger partial charge < -0.3 is 14.4 Å². The summed E-state index contributed by atoms with van der Waals surface area (Å²) in [4.78, 5) is 6.55. The van der Waals surface area contributed by atoms with E-state index in [2.05, 4.69) is 15.0 Å². The van der Waals surface area contributed by atoms with Gasteiger partial charge in [0.05, 0.1) is 32.4 Å². The molecular formula is C15H19N3O3. The first-order valence-electron chi connectivity index (χ1n) is 7.08.